The first kappa shape index (κ1) is 40.0. The molecule has 0 aromatic heterocycles. The summed E-state index contributed by atoms with van der Waals surface area (Å²) in [4.78, 5) is 75.2. The molecule has 0 aliphatic heterocycles. The highest BCUT2D eigenvalue weighted by molar-refractivity contribution is 5.95. The molecule has 0 aromatic carbocycles. The van der Waals surface area contributed by atoms with Crippen LogP contribution in [0, 0.1) is 27.9 Å². The van der Waals surface area contributed by atoms with E-state index in [1.54, 1.807) is 0 Å². The maximum absolute atomic E-state index is 13.5. The molecule has 0 unspecified atom stereocenters. The Kier molecular flexibility index (Phi) is 17.5. The predicted octanol–water partition coefficient (Wildman–Crippen LogP) is -2.11. The number of rotatable bonds is 19. The second-order valence-electron chi connectivity index (χ2n) is 12.5. The van der Waals surface area contributed by atoms with Crippen molar-refractivity contribution in [2.75, 3.05) is 13.2 Å². The van der Waals surface area contributed by atoms with Crippen molar-refractivity contribution in [2.45, 2.75) is 109 Å². The van der Waals surface area contributed by atoms with Gasteiger partial charge in [-0.1, -0.05) is 27.7 Å². The van der Waals surface area contributed by atoms with Crippen LogP contribution in [0.4, 0.5) is 0 Å². The third kappa shape index (κ3) is 15.3. The summed E-state index contributed by atoms with van der Waals surface area (Å²) in [5.74, 6) is -4.19. The fourth-order valence-electron chi connectivity index (χ4n) is 5.02. The lowest BCUT2D eigenvalue weighted by Gasteiger charge is -2.28. The average molecular weight is 657 g/mol. The number of carbonyl (C=O) groups excluding carboxylic acids is 5. The Labute approximate surface area is 268 Å². The van der Waals surface area contributed by atoms with Gasteiger partial charge in [-0.15, -0.1) is 0 Å². The first-order valence-electron chi connectivity index (χ1n) is 15.6. The van der Waals surface area contributed by atoms with E-state index in [2.05, 4.69) is 31.7 Å². The van der Waals surface area contributed by atoms with Crippen molar-refractivity contribution in [3.63, 3.8) is 0 Å². The van der Waals surface area contributed by atoms with Gasteiger partial charge in [0.1, 0.15) is 29.3 Å². The summed E-state index contributed by atoms with van der Waals surface area (Å²) in [6, 6.07) is -4.64. The minimum Gasteiger partial charge on any atom is -0.394 e. The molecule has 1 saturated carbocycles. The second kappa shape index (κ2) is 20.1. The van der Waals surface area contributed by atoms with Crippen LogP contribution in [0.15, 0.2) is 5.10 Å². The number of hydrazone groups is 1. The molecule has 18 heteroatoms. The molecule has 0 radical (unpaired) electrons. The molecule has 1 aliphatic carbocycles. The van der Waals surface area contributed by atoms with Crippen molar-refractivity contribution in [1.29, 1.82) is 0 Å². The first-order chi connectivity index (χ1) is 21.5. The molecule has 0 spiro atoms. The minimum absolute atomic E-state index is 0.00614. The standard InChI is InChI=1S/C28H52N10O8/c1-15(2)12-20(23(30)40)34-25(42)19(6-5-11-32-28(31)37-38(45)46)33-26(43)21(13-16(3)4)35-27(44)22(14-39)36-24(41)17-7-9-18(29)10-8-17/h15-22,39H,5-14,29H2,1-4H3,(H2,30,40)(H,33,43)(H,34,42)(H,35,44)(H,36,41)(H3,31,32,37)/t17?,18?,19-,20-,21-,22-/m0/s1. The zero-order chi connectivity index (χ0) is 35.0. The number of nitrogens with one attached hydrogen (secondary N) is 5. The van der Waals surface area contributed by atoms with E-state index in [1.165, 1.54) is 0 Å². The van der Waals surface area contributed by atoms with E-state index in [1.807, 2.05) is 27.7 Å². The quantitative estimate of drug-likeness (QED) is 0.0238. The van der Waals surface area contributed by atoms with Crippen molar-refractivity contribution in [3.8, 4) is 0 Å². The Balaban J connectivity index is 3.07. The van der Waals surface area contributed by atoms with Crippen LogP contribution in [0.2, 0.25) is 0 Å². The van der Waals surface area contributed by atoms with Crippen molar-refractivity contribution in [1.82, 2.24) is 26.6 Å². The molecule has 1 aliphatic rings. The van der Waals surface area contributed by atoms with E-state index in [0.717, 1.165) is 0 Å². The molecule has 0 heterocycles. The van der Waals surface area contributed by atoms with Gasteiger partial charge in [0.15, 0.2) is 5.03 Å². The molecule has 4 atom stereocenters. The smallest absolute Gasteiger partial charge is 0.266 e. The summed E-state index contributed by atoms with van der Waals surface area (Å²) in [7, 11) is 0. The summed E-state index contributed by atoms with van der Waals surface area (Å²) < 4.78 is 0. The molecule has 262 valence electrons. The lowest BCUT2D eigenvalue weighted by atomic mass is 9.86. The molecule has 1 rings (SSSR count). The normalized spacial score (nSPS) is 19.3. The van der Waals surface area contributed by atoms with Crippen molar-refractivity contribution in [3.05, 3.63) is 10.1 Å². The Morgan fingerprint density at radius 2 is 1.33 bits per heavy atom. The number of aliphatic hydroxyl groups excluding tert-OH is 1. The fraction of sp³-hybridized carbons (Fsp3) is 0.786. The Morgan fingerprint density at radius 1 is 0.826 bits per heavy atom. The number of primary amides is 1. The number of guanidine groups is 1. The summed E-state index contributed by atoms with van der Waals surface area (Å²) >= 11 is 0. The number of nitro groups is 1. The van der Waals surface area contributed by atoms with Gasteiger partial charge >= 0.3 is 0 Å². The van der Waals surface area contributed by atoms with Crippen LogP contribution in [0.5, 0.6) is 0 Å². The van der Waals surface area contributed by atoms with Gasteiger partial charge in [0.05, 0.1) is 6.61 Å². The van der Waals surface area contributed by atoms with Crippen LogP contribution >= 0.6 is 0 Å². The van der Waals surface area contributed by atoms with E-state index >= 15 is 0 Å². The first-order valence-corrected chi connectivity index (χ1v) is 15.6. The summed E-state index contributed by atoms with van der Waals surface area (Å²) in [5, 5.41) is 35.2. The van der Waals surface area contributed by atoms with Crippen LogP contribution in [0.3, 0.4) is 0 Å². The van der Waals surface area contributed by atoms with E-state index < -0.39 is 65.4 Å². The monoisotopic (exact) mass is 656 g/mol. The summed E-state index contributed by atoms with van der Waals surface area (Å²) in [6.07, 6.45) is 3.08. The van der Waals surface area contributed by atoms with E-state index in [0.29, 0.717) is 25.7 Å². The number of hydrogen-bond acceptors (Lipinski definition) is 9. The zero-order valence-electron chi connectivity index (χ0n) is 27.1. The third-order valence-corrected chi connectivity index (χ3v) is 7.46. The molecule has 0 saturated heterocycles. The lowest BCUT2D eigenvalue weighted by molar-refractivity contribution is -0.485. The zero-order valence-corrected chi connectivity index (χ0v) is 27.1. The van der Waals surface area contributed by atoms with E-state index in [-0.39, 0.29) is 61.9 Å². The second-order valence-corrected chi connectivity index (χ2v) is 12.5. The Hall–Kier alpha value is -4.06. The molecule has 12 N–H and O–H groups in total. The molecular weight excluding hydrogens is 604 g/mol. The highest BCUT2D eigenvalue weighted by Crippen LogP contribution is 2.23. The largest absolute Gasteiger partial charge is 0.394 e. The number of carbonyl (C=O) groups is 5. The molecule has 5 amide bonds. The number of nitrogens with two attached hydrogens (primary N) is 3. The van der Waals surface area contributed by atoms with Crippen LogP contribution in [0.1, 0.15) is 79.1 Å². The predicted molar refractivity (Wildman–Crippen MR) is 169 cm³/mol. The van der Waals surface area contributed by atoms with Gasteiger partial charge < -0.3 is 48.9 Å². The van der Waals surface area contributed by atoms with Gasteiger partial charge in [-0.25, -0.2) is 10.1 Å². The number of aliphatic hydroxyl groups is 1. The third-order valence-electron chi connectivity index (χ3n) is 7.46. The van der Waals surface area contributed by atoms with E-state index in [9.17, 15) is 39.2 Å². The average Bonchev–Trinajstić information content (AvgIpc) is 2.95. The van der Waals surface area contributed by atoms with Gasteiger partial charge in [-0.2, -0.15) is 0 Å². The number of amides is 5. The van der Waals surface area contributed by atoms with Gasteiger partial charge in [0, 0.05) is 18.5 Å². The summed E-state index contributed by atoms with van der Waals surface area (Å²) in [5.41, 5.74) is 16.8. The maximum Gasteiger partial charge on any atom is 0.266 e. The van der Waals surface area contributed by atoms with Crippen LogP contribution in [0.25, 0.3) is 0 Å². The minimum atomic E-state index is -1.31. The van der Waals surface area contributed by atoms with Gasteiger partial charge in [0.25, 0.3) is 5.96 Å². The van der Waals surface area contributed by atoms with Crippen molar-refractivity contribution >= 4 is 35.5 Å². The highest BCUT2D eigenvalue weighted by atomic mass is 16.7. The fourth-order valence-corrected chi connectivity index (χ4v) is 5.02. The highest BCUT2D eigenvalue weighted by Gasteiger charge is 2.33. The Morgan fingerprint density at radius 3 is 1.85 bits per heavy atom. The molecule has 0 bridgehead atoms. The van der Waals surface area contributed by atoms with Crippen molar-refractivity contribution < 1.29 is 34.1 Å². The van der Waals surface area contributed by atoms with Gasteiger partial charge in [-0.05, 0) is 63.2 Å². The SMILES string of the molecule is CC(C)C[C@H](NC(=O)[C@H](CCCN/C(N)=N\[N+](=O)[O-])NC(=O)[C@H](CC(C)C)NC(=O)[C@H](CO)NC(=O)C1CCC(N)CC1)C(N)=O. The van der Waals surface area contributed by atoms with Crippen LogP contribution < -0.4 is 43.8 Å². The van der Waals surface area contributed by atoms with E-state index in [4.69, 9.17) is 17.2 Å². The molecule has 18 nitrogen and oxygen atoms in total. The number of nitrogens with zero attached hydrogens (tertiary/aromatic N) is 2. The van der Waals surface area contributed by atoms with Gasteiger partial charge in [0.2, 0.25) is 29.5 Å². The lowest BCUT2D eigenvalue weighted by Crippen LogP contribution is -2.59. The number of hydrogen-bond donors (Lipinski definition) is 9. The summed E-state index contributed by atoms with van der Waals surface area (Å²) in [6.45, 7) is 6.69. The molecule has 46 heavy (non-hydrogen) atoms. The van der Waals surface area contributed by atoms with Gasteiger partial charge in [-0.3, -0.25) is 24.0 Å². The Bertz CT molecular complexity index is 1080. The van der Waals surface area contributed by atoms with Crippen LogP contribution in [-0.4, -0.2) is 89.0 Å². The molecule has 1 fully saturated rings. The molecule has 0 aromatic rings. The maximum atomic E-state index is 13.5. The van der Waals surface area contributed by atoms with Crippen LogP contribution in [-0.2, 0) is 24.0 Å². The molecular formula is C28H52N10O8. The van der Waals surface area contributed by atoms with Crippen molar-refractivity contribution in [2.24, 2.45) is 40.1 Å². The topological polar surface area (TPSA) is 299 Å².